The molecule has 0 saturated carbocycles. The number of piperidine rings is 4. The normalized spacial score (nSPS) is 22.7. The molecule has 2 aromatic heterocycles. The van der Waals surface area contributed by atoms with E-state index in [0.717, 1.165) is 43.1 Å². The van der Waals surface area contributed by atoms with E-state index in [1.807, 2.05) is 23.3 Å². The Kier molecular flexibility index (Phi) is 11.9. The lowest BCUT2D eigenvalue weighted by Crippen LogP contribution is -2.64. The van der Waals surface area contributed by atoms with E-state index in [4.69, 9.17) is 0 Å². The van der Waals surface area contributed by atoms with Crippen LogP contribution in [0.2, 0.25) is 0 Å². The largest absolute Gasteiger partial charge is 0.455 e. The van der Waals surface area contributed by atoms with Gasteiger partial charge in [0.05, 0.1) is 38.5 Å². The third-order valence-corrected chi connectivity index (χ3v) is 17.3. The predicted octanol–water partition coefficient (Wildman–Crippen LogP) is 4.89. The Labute approximate surface area is 386 Å². The standard InChI is InChI=1S/C46H55F3N11O6S/c1-26(2)59-27(3)51-42-36(48)19-28(20-40(42)59)41-37(49)23-50-46(53-41)52-29-6-17-57(18-7-29)67(65,66)32-10-15-54(16-11-32)31-24-56(25-31)30-8-13-55(14-9-30)39-22-34-33(21-35(39)47)43(61)60(44(34)62)38-5-4-12-58(64)45(38)63/h19-23,26,29-32,38H,4-18,24-25H2,1-3H3,(H,50,52,53)/q+1. The van der Waals surface area contributed by atoms with Gasteiger partial charge in [-0.25, -0.2) is 45.6 Å². The number of sulfonamides is 1. The molecule has 5 saturated heterocycles. The number of aryl methyl sites for hydroxylation is 1. The lowest BCUT2D eigenvalue weighted by atomic mass is 9.95. The quantitative estimate of drug-likeness (QED) is 0.168. The highest BCUT2D eigenvalue weighted by molar-refractivity contribution is 7.89. The number of rotatable bonds is 10. The third kappa shape index (κ3) is 8.18. The van der Waals surface area contributed by atoms with Crippen LogP contribution < -0.4 is 10.2 Å². The van der Waals surface area contributed by atoms with E-state index < -0.39 is 56.5 Å². The molecule has 1 unspecified atom stereocenters. The van der Waals surface area contributed by atoms with E-state index in [1.165, 1.54) is 12.1 Å². The monoisotopic (exact) mass is 946 g/mol. The number of benzene rings is 2. The molecule has 2 aromatic carbocycles. The molecule has 0 radical (unpaired) electrons. The van der Waals surface area contributed by atoms with Crippen molar-refractivity contribution in [3.8, 4) is 11.3 Å². The van der Waals surface area contributed by atoms with Gasteiger partial charge in [-0.1, -0.05) is 0 Å². The first-order chi connectivity index (χ1) is 32.1. The Bertz CT molecular complexity index is 2780. The number of hydrogen-bond acceptors (Lipinski definition) is 13. The smallest absolute Gasteiger partial charge is 0.369 e. The molecule has 21 heteroatoms. The van der Waals surface area contributed by atoms with E-state index >= 15 is 13.2 Å². The van der Waals surface area contributed by atoms with E-state index in [-0.39, 0.29) is 69.3 Å². The molecule has 8 heterocycles. The minimum absolute atomic E-state index is 0.0121. The van der Waals surface area contributed by atoms with Crippen molar-refractivity contribution >= 4 is 50.4 Å². The van der Waals surface area contributed by atoms with Crippen molar-refractivity contribution in [3.63, 3.8) is 0 Å². The number of carbonyl (C=O) groups excluding carboxylic acids is 3. The van der Waals surface area contributed by atoms with Crippen LogP contribution in [0.4, 0.5) is 24.8 Å². The lowest BCUT2D eigenvalue weighted by Gasteiger charge is -2.52. The number of likely N-dealkylation sites (tertiary alicyclic amines) is 2. The minimum atomic E-state index is -3.53. The SMILES string of the molecule is Cc1nc2c(F)cc(-c3nc(NC4CCN(S(=O)(=O)C5CCN(C6CN(C7CCN(c8cc9c(cc8F)C(=O)N(C8CCC[N+](=O)C8=O)C9=O)CC7)C6)CC5)CC4)ncc3F)cc2n1C(C)C. The summed E-state index contributed by atoms with van der Waals surface area (Å²) in [4.78, 5) is 71.6. The molecule has 0 bridgehead atoms. The fraction of sp³-hybridized carbons (Fsp3) is 0.565. The van der Waals surface area contributed by atoms with E-state index in [1.54, 1.807) is 17.3 Å². The van der Waals surface area contributed by atoms with Crippen molar-refractivity contribution in [2.24, 2.45) is 0 Å². The molecule has 1 N–H and O–H groups in total. The Morgan fingerprint density at radius 2 is 1.46 bits per heavy atom. The number of nitrogens with one attached hydrogen (secondary N) is 1. The maximum atomic E-state index is 15.5. The van der Waals surface area contributed by atoms with Crippen LogP contribution in [0.5, 0.6) is 0 Å². The maximum Gasteiger partial charge on any atom is 0.455 e. The minimum Gasteiger partial charge on any atom is -0.369 e. The number of nitroso groups, excluding NO2 is 1. The second-order valence-electron chi connectivity index (χ2n) is 19.2. The second-order valence-corrected chi connectivity index (χ2v) is 21.4. The van der Waals surface area contributed by atoms with Crippen LogP contribution in [-0.4, -0.2) is 158 Å². The Morgan fingerprint density at radius 3 is 2.15 bits per heavy atom. The van der Waals surface area contributed by atoms with Crippen molar-refractivity contribution in [2.75, 3.05) is 69.1 Å². The number of carbonyl (C=O) groups is 3. The van der Waals surface area contributed by atoms with Crippen LogP contribution in [-0.2, 0) is 14.8 Å². The van der Waals surface area contributed by atoms with Crippen molar-refractivity contribution in [1.82, 2.24) is 38.5 Å². The first-order valence-corrected chi connectivity index (χ1v) is 25.0. The van der Waals surface area contributed by atoms with E-state index in [0.29, 0.717) is 94.8 Å². The number of imidazole rings is 1. The number of nitrogens with zero attached hydrogens (tertiary/aromatic N) is 10. The van der Waals surface area contributed by atoms with Crippen molar-refractivity contribution in [3.05, 3.63) is 69.8 Å². The molecular formula is C46H55F3N11O6S+. The molecule has 10 rings (SSSR count). The Hall–Kier alpha value is -5.38. The van der Waals surface area contributed by atoms with Gasteiger partial charge >= 0.3 is 5.91 Å². The van der Waals surface area contributed by atoms with Crippen LogP contribution in [0.3, 0.4) is 0 Å². The molecular weight excluding hydrogens is 892 g/mol. The number of hydrogen-bond donors (Lipinski definition) is 1. The van der Waals surface area contributed by atoms with Crippen LogP contribution >= 0.6 is 0 Å². The molecule has 4 aromatic rings. The zero-order chi connectivity index (χ0) is 47.1. The number of anilines is 2. The first-order valence-electron chi connectivity index (χ1n) is 23.5. The molecule has 0 spiro atoms. The number of amides is 3. The van der Waals surface area contributed by atoms with Gasteiger partial charge in [-0.2, -0.15) is 0 Å². The summed E-state index contributed by atoms with van der Waals surface area (Å²) in [5.74, 6) is -3.29. The summed E-state index contributed by atoms with van der Waals surface area (Å²) in [6.45, 7) is 10.7. The fourth-order valence-corrected chi connectivity index (χ4v) is 13.2. The third-order valence-electron chi connectivity index (χ3n) is 14.9. The molecule has 356 valence electrons. The van der Waals surface area contributed by atoms with Crippen LogP contribution in [0.15, 0.2) is 30.5 Å². The molecule has 0 aliphatic carbocycles. The van der Waals surface area contributed by atoms with Crippen LogP contribution in [0.1, 0.15) is 97.8 Å². The van der Waals surface area contributed by atoms with Crippen molar-refractivity contribution in [2.45, 2.75) is 108 Å². The Morgan fingerprint density at radius 1 is 0.776 bits per heavy atom. The highest BCUT2D eigenvalue weighted by Crippen LogP contribution is 2.36. The number of halogens is 3. The van der Waals surface area contributed by atoms with Gasteiger partial charge < -0.3 is 14.8 Å². The second kappa shape index (κ2) is 17.6. The fourth-order valence-electron chi connectivity index (χ4n) is 11.2. The number of fused-ring (bicyclic) bond motifs is 2. The summed E-state index contributed by atoms with van der Waals surface area (Å²) < 4.78 is 77.4. The Balaban J connectivity index is 0.679. The van der Waals surface area contributed by atoms with Gasteiger partial charge in [-0.3, -0.25) is 24.3 Å². The summed E-state index contributed by atoms with van der Waals surface area (Å²) in [6, 6.07) is 4.75. The van der Waals surface area contributed by atoms with Gasteiger partial charge in [-0.15, -0.1) is 0 Å². The number of imide groups is 1. The summed E-state index contributed by atoms with van der Waals surface area (Å²) in [6.07, 6.45) is 5.34. The molecule has 5 fully saturated rings. The summed E-state index contributed by atoms with van der Waals surface area (Å²) in [5.41, 5.74) is 1.20. The van der Waals surface area contributed by atoms with E-state index in [2.05, 4.69) is 30.1 Å². The van der Waals surface area contributed by atoms with Crippen molar-refractivity contribution in [1.29, 1.82) is 0 Å². The molecule has 3 amide bonds. The highest BCUT2D eigenvalue weighted by Gasteiger charge is 2.50. The summed E-state index contributed by atoms with van der Waals surface area (Å²) in [7, 11) is -3.53. The molecule has 1 atom stereocenters. The van der Waals surface area contributed by atoms with Gasteiger partial charge in [0, 0.05) is 80.3 Å². The van der Waals surface area contributed by atoms with Crippen LogP contribution in [0.25, 0.3) is 22.3 Å². The topological polar surface area (TPSA) is 177 Å². The zero-order valence-electron chi connectivity index (χ0n) is 37.8. The lowest BCUT2D eigenvalue weighted by molar-refractivity contribution is -0.479. The molecule has 17 nitrogen and oxygen atoms in total. The van der Waals surface area contributed by atoms with Gasteiger partial charge in [0.2, 0.25) is 22.5 Å². The van der Waals surface area contributed by atoms with Gasteiger partial charge in [0.1, 0.15) is 22.9 Å². The average Bonchev–Trinajstić information content (AvgIpc) is 3.76. The maximum absolute atomic E-state index is 15.5. The number of aromatic nitrogens is 4. The molecule has 6 aliphatic rings. The van der Waals surface area contributed by atoms with Gasteiger partial charge in [0.15, 0.2) is 17.7 Å². The average molecular weight is 947 g/mol. The highest BCUT2D eigenvalue weighted by atomic mass is 32.2. The van der Waals surface area contributed by atoms with Crippen LogP contribution in [0, 0.1) is 29.3 Å². The molecule has 6 aliphatic heterocycles. The summed E-state index contributed by atoms with van der Waals surface area (Å²) >= 11 is 0. The van der Waals surface area contributed by atoms with Gasteiger partial charge in [-0.05, 0) is 103 Å². The first kappa shape index (κ1) is 45.4. The zero-order valence-corrected chi connectivity index (χ0v) is 38.7. The van der Waals surface area contributed by atoms with Crippen molar-refractivity contribution < 1.29 is 40.7 Å². The van der Waals surface area contributed by atoms with Gasteiger partial charge in [0.25, 0.3) is 11.8 Å². The summed E-state index contributed by atoms with van der Waals surface area (Å²) in [5, 5.41) is 2.80. The predicted molar refractivity (Wildman–Crippen MR) is 242 cm³/mol. The molecule has 67 heavy (non-hydrogen) atoms. The van der Waals surface area contributed by atoms with E-state index in [9.17, 15) is 27.7 Å².